The van der Waals surface area contributed by atoms with Crippen LogP contribution in [0, 0.1) is 0 Å². The molecule has 2 atom stereocenters. The first-order chi connectivity index (χ1) is 14.5. The van der Waals surface area contributed by atoms with Crippen molar-refractivity contribution in [2.24, 2.45) is 0 Å². The second-order valence-corrected chi connectivity index (χ2v) is 8.23. The van der Waals surface area contributed by atoms with E-state index in [0.717, 1.165) is 5.57 Å². The van der Waals surface area contributed by atoms with E-state index in [1.54, 1.807) is 65.8 Å². The van der Waals surface area contributed by atoms with Gasteiger partial charge in [-0.3, -0.25) is 0 Å². The minimum atomic E-state index is -1.17. The zero-order valence-electron chi connectivity index (χ0n) is 18.5. The number of rotatable bonds is 5. The van der Waals surface area contributed by atoms with Crippen molar-refractivity contribution in [2.45, 2.75) is 59.4 Å². The molecule has 1 aliphatic heterocycles. The summed E-state index contributed by atoms with van der Waals surface area (Å²) >= 11 is 0. The van der Waals surface area contributed by atoms with Crippen LogP contribution in [0.25, 0.3) is 11.0 Å². The quantitative estimate of drug-likeness (QED) is 0.398. The second-order valence-electron chi connectivity index (χ2n) is 8.23. The van der Waals surface area contributed by atoms with E-state index in [2.05, 4.69) is 0 Å². The molecule has 0 radical (unpaired) electrons. The lowest BCUT2D eigenvalue weighted by Gasteiger charge is -2.33. The highest BCUT2D eigenvalue weighted by Gasteiger charge is 2.50. The molecule has 1 aromatic carbocycles. The molecule has 0 saturated heterocycles. The Kier molecular flexibility index (Phi) is 6.06. The van der Waals surface area contributed by atoms with Crippen LogP contribution in [0.2, 0.25) is 0 Å². The van der Waals surface area contributed by atoms with Crippen molar-refractivity contribution in [3.63, 3.8) is 0 Å². The lowest BCUT2D eigenvalue weighted by molar-refractivity contribution is -0.171. The van der Waals surface area contributed by atoms with Crippen molar-refractivity contribution < 1.29 is 28.2 Å². The van der Waals surface area contributed by atoms with Gasteiger partial charge in [-0.1, -0.05) is 11.6 Å². The van der Waals surface area contributed by atoms with Crippen molar-refractivity contribution in [1.82, 2.24) is 0 Å². The van der Waals surface area contributed by atoms with Gasteiger partial charge in [-0.15, -0.1) is 0 Å². The average Bonchev–Trinajstić information content (AvgIpc) is 3.05. The summed E-state index contributed by atoms with van der Waals surface area (Å²) < 4.78 is 23.0. The predicted octanol–water partition coefficient (Wildman–Crippen LogP) is 4.39. The number of carbonyl (C=O) groups excluding carboxylic acids is 2. The monoisotopic (exact) mass is 426 g/mol. The Labute approximate surface area is 180 Å². The third kappa shape index (κ3) is 4.55. The summed E-state index contributed by atoms with van der Waals surface area (Å²) in [5, 5.41) is 0.658. The second kappa shape index (κ2) is 8.41. The van der Waals surface area contributed by atoms with Crippen LogP contribution in [-0.2, 0) is 19.1 Å². The van der Waals surface area contributed by atoms with Crippen molar-refractivity contribution in [2.75, 3.05) is 0 Å². The minimum absolute atomic E-state index is 0.273. The molecule has 0 bridgehead atoms. The van der Waals surface area contributed by atoms with Crippen LogP contribution in [-0.4, -0.2) is 23.6 Å². The molecule has 31 heavy (non-hydrogen) atoms. The van der Waals surface area contributed by atoms with Crippen LogP contribution in [0.4, 0.5) is 0 Å². The lowest BCUT2D eigenvalue weighted by atomic mass is 9.93. The Bertz CT molecular complexity index is 1150. The van der Waals surface area contributed by atoms with Crippen LogP contribution >= 0.6 is 0 Å². The molecule has 1 aromatic heterocycles. The maximum Gasteiger partial charge on any atom is 0.336 e. The summed E-state index contributed by atoms with van der Waals surface area (Å²) in [6, 6.07) is 6.41. The number of hydrogen-bond donors (Lipinski definition) is 0. The molecule has 0 fully saturated rings. The third-order valence-corrected chi connectivity index (χ3v) is 5.05. The van der Waals surface area contributed by atoms with Gasteiger partial charge in [0.05, 0.1) is 5.56 Å². The molecule has 2 heterocycles. The Hall–Kier alpha value is -3.35. The van der Waals surface area contributed by atoms with E-state index >= 15 is 0 Å². The normalized spacial score (nSPS) is 18.2. The van der Waals surface area contributed by atoms with E-state index in [1.807, 2.05) is 0 Å². The molecule has 0 spiro atoms. The maximum atomic E-state index is 12.6. The Morgan fingerprint density at radius 2 is 1.77 bits per heavy atom. The molecule has 2 aromatic rings. The minimum Gasteiger partial charge on any atom is -0.481 e. The predicted molar refractivity (Wildman–Crippen MR) is 115 cm³/mol. The summed E-state index contributed by atoms with van der Waals surface area (Å²) in [5.74, 6) is -0.680. The molecule has 164 valence electrons. The fourth-order valence-corrected chi connectivity index (χ4v) is 3.39. The van der Waals surface area contributed by atoms with Crippen LogP contribution in [0.5, 0.6) is 5.75 Å². The molecule has 0 aliphatic carbocycles. The zero-order chi connectivity index (χ0) is 22.9. The fourth-order valence-electron chi connectivity index (χ4n) is 3.39. The number of fused-ring (bicyclic) bond motifs is 3. The highest BCUT2D eigenvalue weighted by atomic mass is 16.6. The molecule has 1 aliphatic rings. The molecule has 0 amide bonds. The highest BCUT2D eigenvalue weighted by Crippen LogP contribution is 2.47. The van der Waals surface area contributed by atoms with Crippen molar-refractivity contribution >= 4 is 22.9 Å². The SMILES string of the molecule is CC=C(C)C(=O)OC1c2c(ccc3ccc(=O)oc23)O[C@@H]1C(C)(C)OC(=O)C=C(C)C. The van der Waals surface area contributed by atoms with Gasteiger partial charge in [0.1, 0.15) is 16.9 Å². The summed E-state index contributed by atoms with van der Waals surface area (Å²) in [7, 11) is 0. The first-order valence-corrected chi connectivity index (χ1v) is 9.98. The van der Waals surface area contributed by atoms with E-state index in [1.165, 1.54) is 12.1 Å². The maximum absolute atomic E-state index is 12.6. The molecule has 0 N–H and O–H groups in total. The van der Waals surface area contributed by atoms with Crippen molar-refractivity contribution in [1.29, 1.82) is 0 Å². The Balaban J connectivity index is 2.10. The smallest absolute Gasteiger partial charge is 0.336 e. The van der Waals surface area contributed by atoms with Gasteiger partial charge >= 0.3 is 17.6 Å². The van der Waals surface area contributed by atoms with Gasteiger partial charge in [-0.05, 0) is 59.7 Å². The fraction of sp³-hybridized carbons (Fsp3) is 0.375. The molecular formula is C24H26O7. The first kappa shape index (κ1) is 22.3. The van der Waals surface area contributed by atoms with Gasteiger partial charge in [-0.25, -0.2) is 14.4 Å². The zero-order valence-corrected chi connectivity index (χ0v) is 18.5. The average molecular weight is 426 g/mol. The number of esters is 2. The largest absolute Gasteiger partial charge is 0.481 e. The summed E-state index contributed by atoms with van der Waals surface area (Å²) in [5.41, 5.74) is 0.203. The number of hydrogen-bond acceptors (Lipinski definition) is 7. The van der Waals surface area contributed by atoms with E-state index in [-0.39, 0.29) is 5.58 Å². The number of benzene rings is 1. The van der Waals surface area contributed by atoms with E-state index in [9.17, 15) is 14.4 Å². The first-order valence-electron chi connectivity index (χ1n) is 9.98. The molecule has 1 unspecified atom stereocenters. The molecular weight excluding hydrogens is 400 g/mol. The Morgan fingerprint density at radius 3 is 2.42 bits per heavy atom. The summed E-state index contributed by atoms with van der Waals surface area (Å²) in [6.45, 7) is 10.3. The molecule has 7 nitrogen and oxygen atoms in total. The summed E-state index contributed by atoms with van der Waals surface area (Å²) in [4.78, 5) is 36.8. The van der Waals surface area contributed by atoms with Gasteiger partial charge in [0.2, 0.25) is 0 Å². The lowest BCUT2D eigenvalue weighted by Crippen LogP contribution is -2.46. The number of allylic oxidation sites excluding steroid dienone is 2. The van der Waals surface area contributed by atoms with Crippen molar-refractivity contribution in [3.05, 3.63) is 63.5 Å². The van der Waals surface area contributed by atoms with Crippen LogP contribution in [0.1, 0.15) is 53.2 Å². The molecule has 7 heteroatoms. The van der Waals surface area contributed by atoms with Crippen LogP contribution in [0.3, 0.4) is 0 Å². The van der Waals surface area contributed by atoms with Crippen LogP contribution in [0.15, 0.2) is 56.8 Å². The highest BCUT2D eigenvalue weighted by molar-refractivity contribution is 5.89. The van der Waals surface area contributed by atoms with Gasteiger partial charge in [0.25, 0.3) is 0 Å². The van der Waals surface area contributed by atoms with Gasteiger partial charge in [0.15, 0.2) is 12.2 Å². The number of carbonyl (C=O) groups is 2. The topological polar surface area (TPSA) is 92.0 Å². The van der Waals surface area contributed by atoms with E-state index < -0.39 is 35.4 Å². The molecule has 3 rings (SSSR count). The molecule has 0 saturated carbocycles. The van der Waals surface area contributed by atoms with Gasteiger partial charge in [-0.2, -0.15) is 0 Å². The van der Waals surface area contributed by atoms with Crippen LogP contribution < -0.4 is 10.4 Å². The van der Waals surface area contributed by atoms with Gasteiger partial charge in [0, 0.05) is 23.1 Å². The van der Waals surface area contributed by atoms with Gasteiger partial charge < -0.3 is 18.6 Å². The van der Waals surface area contributed by atoms with E-state index in [0.29, 0.717) is 22.3 Å². The van der Waals surface area contributed by atoms with Crippen molar-refractivity contribution in [3.8, 4) is 5.75 Å². The Morgan fingerprint density at radius 1 is 1.10 bits per heavy atom. The summed E-state index contributed by atoms with van der Waals surface area (Å²) in [6.07, 6.45) is 1.20. The van der Waals surface area contributed by atoms with E-state index in [4.69, 9.17) is 18.6 Å². The number of ether oxygens (including phenoxy) is 3. The third-order valence-electron chi connectivity index (χ3n) is 5.05. The standard InChI is InChI=1S/C24H26O7/c1-7-14(4)23(27)30-21-19-16(10-8-15-9-11-17(25)29-20(15)19)28-22(21)24(5,6)31-18(26)12-13(2)3/h7-12,21-22H,1-6H3/t21?,22-/m0/s1.